The second-order valence-corrected chi connectivity index (χ2v) is 5.66. The van der Waals surface area contributed by atoms with Crippen molar-refractivity contribution < 1.29 is 4.79 Å². The second kappa shape index (κ2) is 5.95. The number of benzene rings is 1. The molecule has 0 bridgehead atoms. The highest BCUT2D eigenvalue weighted by molar-refractivity contribution is 7.80. The summed E-state index contributed by atoms with van der Waals surface area (Å²) in [7, 11) is 2.07. The van der Waals surface area contributed by atoms with E-state index in [9.17, 15) is 4.79 Å². The standard InChI is InChI=1S/C13H17ClN2OS/c1-16-6-2-3-9(8-16)15-13(17)11-7-10(18)4-5-12(11)14/h4-5,7,9,18H,2-3,6,8H2,1H3,(H,15,17). The predicted molar refractivity (Wildman–Crippen MR) is 76.7 cm³/mol. The number of likely N-dealkylation sites (N-methyl/N-ethyl adjacent to an activating group) is 1. The Morgan fingerprint density at radius 3 is 3.06 bits per heavy atom. The number of rotatable bonds is 2. The van der Waals surface area contributed by atoms with Gasteiger partial charge in [-0.25, -0.2) is 0 Å². The molecular formula is C13H17ClN2OS. The van der Waals surface area contributed by atoms with Crippen molar-refractivity contribution in [3.63, 3.8) is 0 Å². The highest BCUT2D eigenvalue weighted by atomic mass is 35.5. The molecule has 0 spiro atoms. The summed E-state index contributed by atoms with van der Waals surface area (Å²) in [5.74, 6) is -0.115. The first-order chi connectivity index (χ1) is 8.56. The average Bonchev–Trinajstić information content (AvgIpc) is 2.32. The fraction of sp³-hybridized carbons (Fsp3) is 0.462. The van der Waals surface area contributed by atoms with Gasteiger partial charge in [-0.2, -0.15) is 0 Å². The third-order valence-corrected chi connectivity index (χ3v) is 3.76. The third kappa shape index (κ3) is 3.40. The van der Waals surface area contributed by atoms with Crippen molar-refractivity contribution in [2.45, 2.75) is 23.8 Å². The molecule has 1 N–H and O–H groups in total. The van der Waals surface area contributed by atoms with E-state index in [1.165, 1.54) is 0 Å². The van der Waals surface area contributed by atoms with Crippen LogP contribution in [-0.4, -0.2) is 37.0 Å². The molecule has 3 nitrogen and oxygen atoms in total. The summed E-state index contributed by atoms with van der Waals surface area (Å²) in [6.07, 6.45) is 2.13. The van der Waals surface area contributed by atoms with Crippen molar-refractivity contribution >= 4 is 30.1 Å². The Labute approximate surface area is 118 Å². The molecule has 1 aliphatic heterocycles. The molecule has 1 aliphatic rings. The molecule has 1 aromatic rings. The van der Waals surface area contributed by atoms with Gasteiger partial charge in [-0.1, -0.05) is 11.6 Å². The van der Waals surface area contributed by atoms with Gasteiger partial charge >= 0.3 is 0 Å². The lowest BCUT2D eigenvalue weighted by Crippen LogP contribution is -2.46. The largest absolute Gasteiger partial charge is 0.348 e. The highest BCUT2D eigenvalue weighted by Gasteiger charge is 2.20. The lowest BCUT2D eigenvalue weighted by Gasteiger charge is -2.30. The minimum atomic E-state index is -0.115. The molecule has 1 fully saturated rings. The maximum absolute atomic E-state index is 12.1. The number of amides is 1. The fourth-order valence-corrected chi connectivity index (χ4v) is 2.64. The van der Waals surface area contributed by atoms with Gasteiger partial charge < -0.3 is 10.2 Å². The number of hydrogen-bond acceptors (Lipinski definition) is 3. The third-order valence-electron chi connectivity index (χ3n) is 3.15. The molecule has 98 valence electrons. The number of nitrogens with zero attached hydrogens (tertiary/aromatic N) is 1. The van der Waals surface area contributed by atoms with Crippen molar-refractivity contribution in [3.8, 4) is 0 Å². The van der Waals surface area contributed by atoms with Gasteiger partial charge in [-0.05, 0) is 44.6 Å². The Morgan fingerprint density at radius 1 is 1.56 bits per heavy atom. The fourth-order valence-electron chi connectivity index (χ4n) is 2.23. The van der Waals surface area contributed by atoms with E-state index in [0.717, 1.165) is 30.8 Å². The molecule has 1 aromatic carbocycles. The molecule has 0 saturated carbocycles. The molecular weight excluding hydrogens is 268 g/mol. The van der Waals surface area contributed by atoms with Crippen LogP contribution < -0.4 is 5.32 Å². The maximum atomic E-state index is 12.1. The molecule has 18 heavy (non-hydrogen) atoms. The Balaban J connectivity index is 2.05. The van der Waals surface area contributed by atoms with Gasteiger partial charge in [0.2, 0.25) is 0 Å². The van der Waals surface area contributed by atoms with Gasteiger partial charge in [0.25, 0.3) is 5.91 Å². The molecule has 1 unspecified atom stereocenters. The van der Waals surface area contributed by atoms with E-state index >= 15 is 0 Å². The number of carbonyl (C=O) groups is 1. The van der Waals surface area contributed by atoms with Crippen LogP contribution in [0.25, 0.3) is 0 Å². The number of likely N-dealkylation sites (tertiary alicyclic amines) is 1. The first kappa shape index (κ1) is 13.7. The summed E-state index contributed by atoms with van der Waals surface area (Å²) in [5, 5.41) is 3.50. The summed E-state index contributed by atoms with van der Waals surface area (Å²) >= 11 is 10.3. The second-order valence-electron chi connectivity index (χ2n) is 4.74. The van der Waals surface area contributed by atoms with Crippen molar-refractivity contribution in [1.82, 2.24) is 10.2 Å². The van der Waals surface area contributed by atoms with E-state index in [1.54, 1.807) is 18.2 Å². The Bertz CT molecular complexity index is 453. The first-order valence-corrected chi connectivity index (χ1v) is 6.86. The molecule has 5 heteroatoms. The minimum Gasteiger partial charge on any atom is -0.348 e. The monoisotopic (exact) mass is 284 g/mol. The quantitative estimate of drug-likeness (QED) is 0.818. The predicted octanol–water partition coefficient (Wildman–Crippen LogP) is 2.45. The van der Waals surface area contributed by atoms with E-state index in [1.807, 2.05) is 0 Å². The van der Waals surface area contributed by atoms with E-state index in [4.69, 9.17) is 11.6 Å². The van der Waals surface area contributed by atoms with Gasteiger partial charge in [-0.3, -0.25) is 4.79 Å². The minimum absolute atomic E-state index is 0.115. The van der Waals surface area contributed by atoms with Crippen molar-refractivity contribution in [2.75, 3.05) is 20.1 Å². The van der Waals surface area contributed by atoms with E-state index in [0.29, 0.717) is 10.6 Å². The molecule has 0 aliphatic carbocycles. The van der Waals surface area contributed by atoms with E-state index in [2.05, 4.69) is 29.9 Å². The van der Waals surface area contributed by atoms with Crippen molar-refractivity contribution in [2.24, 2.45) is 0 Å². The molecule has 1 amide bonds. The number of carbonyl (C=O) groups excluding carboxylic acids is 1. The normalized spacial score (nSPS) is 20.7. The zero-order valence-electron chi connectivity index (χ0n) is 10.3. The lowest BCUT2D eigenvalue weighted by atomic mass is 10.1. The van der Waals surface area contributed by atoms with Crippen LogP contribution in [0.5, 0.6) is 0 Å². The van der Waals surface area contributed by atoms with Crippen LogP contribution in [0.4, 0.5) is 0 Å². The van der Waals surface area contributed by atoms with Crippen LogP contribution in [0.2, 0.25) is 5.02 Å². The maximum Gasteiger partial charge on any atom is 0.253 e. The topological polar surface area (TPSA) is 32.3 Å². The summed E-state index contributed by atoms with van der Waals surface area (Å²) < 4.78 is 0. The number of nitrogens with one attached hydrogen (secondary N) is 1. The van der Waals surface area contributed by atoms with Crippen LogP contribution in [0.1, 0.15) is 23.2 Å². The highest BCUT2D eigenvalue weighted by Crippen LogP contribution is 2.20. The smallest absolute Gasteiger partial charge is 0.253 e. The number of piperidine rings is 1. The lowest BCUT2D eigenvalue weighted by molar-refractivity contribution is 0.0912. The molecule has 2 rings (SSSR count). The summed E-state index contributed by atoms with van der Waals surface area (Å²) in [6.45, 7) is 1.99. The molecule has 1 saturated heterocycles. The SMILES string of the molecule is CN1CCCC(NC(=O)c2cc(S)ccc2Cl)C1. The molecule has 0 radical (unpaired) electrons. The van der Waals surface area contributed by atoms with E-state index in [-0.39, 0.29) is 11.9 Å². The molecule has 1 atom stereocenters. The van der Waals surface area contributed by atoms with Gasteiger partial charge in [0.1, 0.15) is 0 Å². The van der Waals surface area contributed by atoms with Crippen LogP contribution in [-0.2, 0) is 0 Å². The van der Waals surface area contributed by atoms with Gasteiger partial charge in [0.05, 0.1) is 10.6 Å². The summed E-state index contributed by atoms with van der Waals surface area (Å²) in [5.41, 5.74) is 0.498. The number of thiol groups is 1. The van der Waals surface area contributed by atoms with Crippen LogP contribution >= 0.6 is 24.2 Å². The Morgan fingerprint density at radius 2 is 2.33 bits per heavy atom. The van der Waals surface area contributed by atoms with E-state index < -0.39 is 0 Å². The summed E-state index contributed by atoms with van der Waals surface area (Å²) in [4.78, 5) is 15.1. The Kier molecular flexibility index (Phi) is 4.54. The zero-order chi connectivity index (χ0) is 13.1. The summed E-state index contributed by atoms with van der Waals surface area (Å²) in [6, 6.07) is 5.38. The number of hydrogen-bond donors (Lipinski definition) is 2. The molecule has 0 aromatic heterocycles. The van der Waals surface area contributed by atoms with Crippen molar-refractivity contribution in [1.29, 1.82) is 0 Å². The van der Waals surface area contributed by atoms with Gasteiger partial charge in [-0.15, -0.1) is 12.6 Å². The Hall–Kier alpha value is -0.710. The van der Waals surface area contributed by atoms with Gasteiger partial charge in [0, 0.05) is 17.5 Å². The molecule has 1 heterocycles. The van der Waals surface area contributed by atoms with Crippen LogP contribution in [0.3, 0.4) is 0 Å². The van der Waals surface area contributed by atoms with Gasteiger partial charge in [0.15, 0.2) is 0 Å². The number of halogens is 1. The first-order valence-electron chi connectivity index (χ1n) is 6.04. The van der Waals surface area contributed by atoms with Crippen molar-refractivity contribution in [3.05, 3.63) is 28.8 Å². The van der Waals surface area contributed by atoms with Crippen LogP contribution in [0.15, 0.2) is 23.1 Å². The average molecular weight is 285 g/mol. The van der Waals surface area contributed by atoms with Crippen LogP contribution in [0, 0.1) is 0 Å². The zero-order valence-corrected chi connectivity index (χ0v) is 12.0.